The van der Waals surface area contributed by atoms with Crippen molar-refractivity contribution in [2.45, 2.75) is 26.3 Å². The van der Waals surface area contributed by atoms with Crippen LogP contribution in [0.25, 0.3) is 0 Å². The molecule has 6 nitrogen and oxygen atoms in total. The topological polar surface area (TPSA) is 75.2 Å². The summed E-state index contributed by atoms with van der Waals surface area (Å²) in [7, 11) is -3.21. The molecule has 8 heteroatoms. The predicted molar refractivity (Wildman–Crippen MR) is 90.9 cm³/mol. The lowest BCUT2D eigenvalue weighted by molar-refractivity contribution is 0.596. The molecule has 0 amide bonds. The number of aromatic nitrogens is 2. The summed E-state index contributed by atoms with van der Waals surface area (Å²) >= 11 is 0. The maximum Gasteiger partial charge on any atom is 0.235 e. The first-order chi connectivity index (χ1) is 11.5. The Labute approximate surface area is 140 Å². The average molecular weight is 350 g/mol. The van der Waals surface area contributed by atoms with Crippen molar-refractivity contribution < 1.29 is 12.8 Å². The normalized spacial score (nSPS) is 16.3. The van der Waals surface area contributed by atoms with Crippen LogP contribution < -0.4 is 9.62 Å². The number of rotatable bonds is 5. The Bertz CT molecular complexity index is 842. The summed E-state index contributed by atoms with van der Waals surface area (Å²) in [5, 5.41) is 2.95. The van der Waals surface area contributed by atoms with Crippen LogP contribution in [0.15, 0.2) is 30.6 Å². The summed E-state index contributed by atoms with van der Waals surface area (Å²) in [5.74, 6) is -0.110. The van der Waals surface area contributed by atoms with Crippen molar-refractivity contribution in [1.82, 2.24) is 9.97 Å². The molecular formula is C16H19FN4O2S. The molecule has 24 heavy (non-hydrogen) atoms. The molecule has 1 aliphatic rings. The minimum atomic E-state index is -3.21. The highest BCUT2D eigenvalue weighted by Crippen LogP contribution is 2.25. The molecule has 1 aromatic heterocycles. The minimum Gasteiger partial charge on any atom is -0.363 e. The SMILES string of the molecule is CCc1ncnc(NCc2cccc(N3CCCS3(=O)=O)c2)c1F. The molecule has 3 rings (SSSR count). The zero-order valence-electron chi connectivity index (χ0n) is 13.4. The number of halogens is 1. The Morgan fingerprint density at radius 2 is 2.17 bits per heavy atom. The standard InChI is InChI=1S/C16H19FN4O2S/c1-2-14-15(17)16(20-11-19-14)18-10-12-5-3-6-13(9-12)21-7-4-8-24(21,22)23/h3,5-6,9,11H,2,4,7-8,10H2,1H3,(H,18,19,20). The van der Waals surface area contributed by atoms with Crippen molar-refractivity contribution in [3.05, 3.63) is 47.7 Å². The van der Waals surface area contributed by atoms with Gasteiger partial charge in [0, 0.05) is 13.1 Å². The van der Waals surface area contributed by atoms with E-state index in [1.165, 1.54) is 10.6 Å². The molecular weight excluding hydrogens is 331 g/mol. The van der Waals surface area contributed by atoms with E-state index in [1.54, 1.807) is 18.2 Å². The van der Waals surface area contributed by atoms with Gasteiger partial charge in [0.15, 0.2) is 11.6 Å². The van der Waals surface area contributed by atoms with Crippen molar-refractivity contribution in [2.24, 2.45) is 0 Å². The van der Waals surface area contributed by atoms with E-state index in [1.807, 2.05) is 13.0 Å². The Hall–Kier alpha value is -2.22. The smallest absolute Gasteiger partial charge is 0.235 e. The van der Waals surface area contributed by atoms with Crippen molar-refractivity contribution in [2.75, 3.05) is 21.9 Å². The van der Waals surface area contributed by atoms with Crippen LogP contribution in [0.3, 0.4) is 0 Å². The summed E-state index contributed by atoms with van der Waals surface area (Å²) in [4.78, 5) is 7.82. The van der Waals surface area contributed by atoms with Gasteiger partial charge in [-0.1, -0.05) is 19.1 Å². The molecule has 2 aromatic rings. The van der Waals surface area contributed by atoms with E-state index in [-0.39, 0.29) is 11.6 Å². The number of nitrogens with zero attached hydrogens (tertiary/aromatic N) is 3. The first kappa shape index (κ1) is 16.6. The molecule has 128 valence electrons. The molecule has 1 saturated heterocycles. The van der Waals surface area contributed by atoms with Crippen LogP contribution in [0.5, 0.6) is 0 Å². The van der Waals surface area contributed by atoms with E-state index in [4.69, 9.17) is 0 Å². The van der Waals surface area contributed by atoms with Gasteiger partial charge in [-0.05, 0) is 30.5 Å². The largest absolute Gasteiger partial charge is 0.363 e. The number of sulfonamides is 1. The molecule has 2 heterocycles. The fraction of sp³-hybridized carbons (Fsp3) is 0.375. The monoisotopic (exact) mass is 350 g/mol. The Morgan fingerprint density at radius 3 is 2.88 bits per heavy atom. The quantitative estimate of drug-likeness (QED) is 0.896. The maximum absolute atomic E-state index is 14.1. The van der Waals surface area contributed by atoms with E-state index in [0.29, 0.717) is 37.3 Å². The minimum absolute atomic E-state index is 0.154. The van der Waals surface area contributed by atoms with Crippen LogP contribution in [-0.2, 0) is 23.0 Å². The van der Waals surface area contributed by atoms with Crippen molar-refractivity contribution in [3.63, 3.8) is 0 Å². The van der Waals surface area contributed by atoms with Gasteiger partial charge in [-0.3, -0.25) is 4.31 Å². The zero-order valence-corrected chi connectivity index (χ0v) is 14.2. The van der Waals surface area contributed by atoms with Crippen molar-refractivity contribution in [3.8, 4) is 0 Å². The van der Waals surface area contributed by atoms with Gasteiger partial charge in [0.1, 0.15) is 6.33 Å². The highest BCUT2D eigenvalue weighted by Gasteiger charge is 2.28. The number of benzene rings is 1. The number of nitrogens with one attached hydrogen (secondary N) is 1. The zero-order chi connectivity index (χ0) is 17.2. The molecule has 0 radical (unpaired) electrons. The third-order valence-corrected chi connectivity index (χ3v) is 5.82. The third-order valence-electron chi connectivity index (χ3n) is 3.95. The van der Waals surface area contributed by atoms with Crippen LogP contribution in [0.1, 0.15) is 24.6 Å². The number of hydrogen-bond acceptors (Lipinski definition) is 5. The second-order valence-electron chi connectivity index (χ2n) is 5.60. The van der Waals surface area contributed by atoms with Gasteiger partial charge in [-0.2, -0.15) is 0 Å². The van der Waals surface area contributed by atoms with Crippen LogP contribution in [0.4, 0.5) is 15.9 Å². The summed E-state index contributed by atoms with van der Waals surface area (Å²) in [5.41, 5.74) is 1.86. The predicted octanol–water partition coefficient (Wildman–Crippen LogP) is 2.33. The van der Waals surface area contributed by atoms with Gasteiger partial charge in [0.2, 0.25) is 10.0 Å². The molecule has 0 unspecified atom stereocenters. The lowest BCUT2D eigenvalue weighted by Crippen LogP contribution is -2.25. The van der Waals surface area contributed by atoms with E-state index in [9.17, 15) is 12.8 Å². The molecule has 0 atom stereocenters. The highest BCUT2D eigenvalue weighted by atomic mass is 32.2. The van der Waals surface area contributed by atoms with E-state index in [2.05, 4.69) is 15.3 Å². The molecule has 0 aliphatic carbocycles. The number of hydrogen-bond donors (Lipinski definition) is 1. The molecule has 1 aliphatic heterocycles. The Balaban J connectivity index is 1.76. The van der Waals surface area contributed by atoms with Crippen LogP contribution in [0, 0.1) is 5.82 Å². The van der Waals surface area contributed by atoms with Crippen molar-refractivity contribution in [1.29, 1.82) is 0 Å². The van der Waals surface area contributed by atoms with E-state index < -0.39 is 15.8 Å². The molecule has 1 N–H and O–H groups in total. The van der Waals surface area contributed by atoms with Crippen LogP contribution in [-0.4, -0.2) is 30.7 Å². The maximum atomic E-state index is 14.1. The summed E-state index contributed by atoms with van der Waals surface area (Å²) in [6, 6.07) is 7.23. The average Bonchev–Trinajstić information content (AvgIpc) is 2.93. The first-order valence-electron chi connectivity index (χ1n) is 7.84. The van der Waals surface area contributed by atoms with Crippen LogP contribution >= 0.6 is 0 Å². The number of aryl methyl sites for hydroxylation is 1. The lowest BCUT2D eigenvalue weighted by Gasteiger charge is -2.18. The second-order valence-corrected chi connectivity index (χ2v) is 7.61. The second kappa shape index (κ2) is 6.72. The highest BCUT2D eigenvalue weighted by molar-refractivity contribution is 7.93. The Morgan fingerprint density at radius 1 is 1.33 bits per heavy atom. The van der Waals surface area contributed by atoms with Crippen molar-refractivity contribution >= 4 is 21.5 Å². The van der Waals surface area contributed by atoms with Crippen LogP contribution in [0.2, 0.25) is 0 Å². The summed E-state index contributed by atoms with van der Waals surface area (Å²) < 4.78 is 39.6. The number of anilines is 2. The van der Waals surface area contributed by atoms with Gasteiger partial charge in [0.25, 0.3) is 0 Å². The fourth-order valence-electron chi connectivity index (χ4n) is 2.71. The third kappa shape index (κ3) is 3.33. The Kier molecular flexibility index (Phi) is 4.66. The summed E-state index contributed by atoms with van der Waals surface area (Å²) in [6.45, 7) is 2.67. The van der Waals surface area contributed by atoms with Gasteiger partial charge in [-0.25, -0.2) is 22.8 Å². The van der Waals surface area contributed by atoms with Gasteiger partial charge < -0.3 is 5.32 Å². The van der Waals surface area contributed by atoms with E-state index >= 15 is 0 Å². The first-order valence-corrected chi connectivity index (χ1v) is 9.45. The molecule has 0 bridgehead atoms. The molecule has 0 spiro atoms. The lowest BCUT2D eigenvalue weighted by atomic mass is 10.2. The van der Waals surface area contributed by atoms with Gasteiger partial charge >= 0.3 is 0 Å². The molecule has 0 saturated carbocycles. The van der Waals surface area contributed by atoms with Gasteiger partial charge in [0.05, 0.1) is 17.1 Å². The molecule has 1 aromatic carbocycles. The van der Waals surface area contributed by atoms with Gasteiger partial charge in [-0.15, -0.1) is 0 Å². The van der Waals surface area contributed by atoms with E-state index in [0.717, 1.165) is 5.56 Å². The summed E-state index contributed by atoms with van der Waals surface area (Å²) in [6.07, 6.45) is 2.46. The molecule has 1 fully saturated rings. The fourth-order valence-corrected chi connectivity index (χ4v) is 4.27.